The minimum absolute atomic E-state index is 0.529. The fraction of sp³-hybridized carbons (Fsp3) is 0.143. The van der Waals surface area contributed by atoms with Gasteiger partial charge in [0.2, 0.25) is 0 Å². The van der Waals surface area contributed by atoms with Crippen molar-refractivity contribution in [1.82, 2.24) is 4.98 Å². The van der Waals surface area contributed by atoms with Crippen LogP contribution in [0.2, 0.25) is 0 Å². The third-order valence-corrected chi connectivity index (χ3v) is 2.91. The Morgan fingerprint density at radius 3 is 2.88 bits per heavy atom. The number of nitrogens with zero attached hydrogens (tertiary/aromatic N) is 2. The van der Waals surface area contributed by atoms with Crippen LogP contribution < -0.4 is 0 Å². The van der Waals surface area contributed by atoms with E-state index >= 15 is 0 Å². The van der Waals surface area contributed by atoms with Crippen LogP contribution in [0, 0.1) is 11.3 Å². The van der Waals surface area contributed by atoms with Gasteiger partial charge >= 0.3 is 0 Å². The molecule has 0 spiro atoms. The summed E-state index contributed by atoms with van der Waals surface area (Å²) < 4.78 is 5.38. The molecule has 0 amide bonds. The lowest BCUT2D eigenvalue weighted by atomic mass is 10.00. The van der Waals surface area contributed by atoms with Crippen LogP contribution in [0.25, 0.3) is 16.7 Å². The third kappa shape index (κ3) is 1.74. The van der Waals surface area contributed by atoms with Gasteiger partial charge in [-0.2, -0.15) is 5.26 Å². The molecule has 0 fully saturated rings. The van der Waals surface area contributed by atoms with Gasteiger partial charge in [0.15, 0.2) is 12.0 Å². The van der Waals surface area contributed by atoms with E-state index in [0.717, 1.165) is 16.7 Å². The first kappa shape index (κ1) is 11.2. The molecule has 1 heterocycles. The van der Waals surface area contributed by atoms with Crippen LogP contribution in [-0.2, 0) is 0 Å². The first-order valence-corrected chi connectivity index (χ1v) is 5.25. The number of benzene rings is 1. The van der Waals surface area contributed by atoms with E-state index in [2.05, 4.69) is 17.6 Å². The predicted molar refractivity (Wildman–Crippen MR) is 67.2 cm³/mol. The molecule has 3 heteroatoms. The van der Waals surface area contributed by atoms with E-state index < -0.39 is 0 Å². The van der Waals surface area contributed by atoms with Crippen molar-refractivity contribution in [1.29, 1.82) is 5.26 Å². The summed E-state index contributed by atoms with van der Waals surface area (Å²) in [5.41, 5.74) is 4.90. The Bertz CT molecular complexity index is 656. The predicted octanol–water partition coefficient (Wildman–Crippen LogP) is 3.68. The Labute approximate surface area is 99.7 Å². The summed E-state index contributed by atoms with van der Waals surface area (Å²) in [4.78, 5) is 4.08. The van der Waals surface area contributed by atoms with Crippen LogP contribution >= 0.6 is 0 Å². The van der Waals surface area contributed by atoms with Gasteiger partial charge in [0.25, 0.3) is 0 Å². The van der Waals surface area contributed by atoms with Gasteiger partial charge < -0.3 is 4.42 Å². The molecule has 2 rings (SSSR count). The molecular formula is C14H12N2O. The monoisotopic (exact) mass is 224 g/mol. The Hall–Kier alpha value is -2.34. The Morgan fingerprint density at radius 2 is 2.24 bits per heavy atom. The second kappa shape index (κ2) is 4.26. The number of hydrogen-bond donors (Lipinski definition) is 0. The molecule has 0 aliphatic rings. The fourth-order valence-corrected chi connectivity index (χ4v) is 1.70. The molecule has 1 aromatic carbocycles. The van der Waals surface area contributed by atoms with E-state index in [9.17, 15) is 0 Å². The van der Waals surface area contributed by atoms with E-state index in [0.29, 0.717) is 16.7 Å². The molecule has 2 aromatic rings. The normalized spacial score (nSPS) is 12.1. The van der Waals surface area contributed by atoms with E-state index in [1.54, 1.807) is 12.1 Å². The highest BCUT2D eigenvalue weighted by molar-refractivity contribution is 5.91. The SMILES string of the molecule is C=C/C(C)=C(\C)c1ccc(C#N)c2ncoc12. The van der Waals surface area contributed by atoms with Crippen LogP contribution in [0.3, 0.4) is 0 Å². The number of aromatic nitrogens is 1. The van der Waals surface area contributed by atoms with Gasteiger partial charge in [-0.15, -0.1) is 0 Å². The van der Waals surface area contributed by atoms with Gasteiger partial charge in [0.05, 0.1) is 5.56 Å². The van der Waals surface area contributed by atoms with Gasteiger partial charge in [-0.25, -0.2) is 4.98 Å². The lowest BCUT2D eigenvalue weighted by Crippen LogP contribution is -1.87. The molecule has 0 aliphatic carbocycles. The minimum atomic E-state index is 0.529. The van der Waals surface area contributed by atoms with Crippen LogP contribution in [0.15, 0.2) is 41.2 Å². The zero-order chi connectivity index (χ0) is 12.4. The number of hydrogen-bond acceptors (Lipinski definition) is 3. The molecule has 0 saturated heterocycles. The maximum Gasteiger partial charge on any atom is 0.182 e. The summed E-state index contributed by atoms with van der Waals surface area (Å²) in [6.45, 7) is 7.74. The molecule has 84 valence electrons. The number of nitriles is 1. The summed E-state index contributed by atoms with van der Waals surface area (Å²) in [5.74, 6) is 0. The van der Waals surface area contributed by atoms with Crippen molar-refractivity contribution in [2.45, 2.75) is 13.8 Å². The second-order valence-electron chi connectivity index (χ2n) is 3.81. The van der Waals surface area contributed by atoms with Crippen LogP contribution in [-0.4, -0.2) is 4.98 Å². The highest BCUT2D eigenvalue weighted by Crippen LogP contribution is 2.28. The van der Waals surface area contributed by atoms with Crippen LogP contribution in [0.4, 0.5) is 0 Å². The maximum absolute atomic E-state index is 8.98. The molecule has 17 heavy (non-hydrogen) atoms. The van der Waals surface area contributed by atoms with Crippen molar-refractivity contribution in [3.05, 3.63) is 47.9 Å². The van der Waals surface area contributed by atoms with Crippen LogP contribution in [0.5, 0.6) is 0 Å². The molecule has 0 N–H and O–H groups in total. The maximum atomic E-state index is 8.98. The molecule has 3 nitrogen and oxygen atoms in total. The standard InChI is InChI=1S/C14H12N2O/c1-4-9(2)10(3)12-6-5-11(7-15)13-14(12)17-8-16-13/h4-6,8H,1H2,2-3H3/b10-9+. The van der Waals surface area contributed by atoms with Crippen molar-refractivity contribution in [2.75, 3.05) is 0 Å². The second-order valence-corrected chi connectivity index (χ2v) is 3.81. The molecule has 0 aliphatic heterocycles. The van der Waals surface area contributed by atoms with E-state index in [1.165, 1.54) is 6.39 Å². The first-order chi connectivity index (χ1) is 8.19. The van der Waals surface area contributed by atoms with Gasteiger partial charge in [0.1, 0.15) is 11.6 Å². The molecule has 0 atom stereocenters. The van der Waals surface area contributed by atoms with Crippen molar-refractivity contribution in [3.8, 4) is 6.07 Å². The first-order valence-electron chi connectivity index (χ1n) is 5.25. The molecule has 0 radical (unpaired) electrons. The van der Waals surface area contributed by atoms with Crippen molar-refractivity contribution >= 4 is 16.7 Å². The van der Waals surface area contributed by atoms with Crippen LogP contribution in [0.1, 0.15) is 25.0 Å². The third-order valence-electron chi connectivity index (χ3n) is 2.91. The number of allylic oxidation sites excluding steroid dienone is 3. The van der Waals surface area contributed by atoms with E-state index in [1.807, 2.05) is 19.9 Å². The zero-order valence-electron chi connectivity index (χ0n) is 9.82. The quantitative estimate of drug-likeness (QED) is 0.731. The number of fused-ring (bicyclic) bond motifs is 1. The van der Waals surface area contributed by atoms with Gasteiger partial charge in [0, 0.05) is 5.56 Å². The highest BCUT2D eigenvalue weighted by atomic mass is 16.3. The van der Waals surface area contributed by atoms with E-state index in [4.69, 9.17) is 9.68 Å². The minimum Gasteiger partial charge on any atom is -0.443 e. The van der Waals surface area contributed by atoms with Crippen molar-refractivity contribution in [3.63, 3.8) is 0 Å². The Balaban J connectivity index is 2.78. The van der Waals surface area contributed by atoms with Gasteiger partial charge in [-0.1, -0.05) is 12.7 Å². The lowest BCUT2D eigenvalue weighted by molar-refractivity contribution is 0.601. The van der Waals surface area contributed by atoms with E-state index in [-0.39, 0.29) is 0 Å². The lowest BCUT2D eigenvalue weighted by Gasteiger charge is -2.05. The molecule has 1 aromatic heterocycles. The van der Waals surface area contributed by atoms with Crippen molar-refractivity contribution in [2.24, 2.45) is 0 Å². The number of oxazole rings is 1. The molecule has 0 saturated carbocycles. The largest absolute Gasteiger partial charge is 0.443 e. The average molecular weight is 224 g/mol. The summed E-state index contributed by atoms with van der Waals surface area (Å²) in [6.07, 6.45) is 3.17. The summed E-state index contributed by atoms with van der Waals surface area (Å²) in [5, 5.41) is 8.98. The molecule has 0 bridgehead atoms. The average Bonchev–Trinajstić information content (AvgIpc) is 2.84. The summed E-state index contributed by atoms with van der Waals surface area (Å²) in [6, 6.07) is 5.75. The summed E-state index contributed by atoms with van der Waals surface area (Å²) in [7, 11) is 0. The Kier molecular flexibility index (Phi) is 2.80. The van der Waals surface area contributed by atoms with Gasteiger partial charge in [-0.3, -0.25) is 0 Å². The fourth-order valence-electron chi connectivity index (χ4n) is 1.70. The van der Waals surface area contributed by atoms with Crippen molar-refractivity contribution < 1.29 is 4.42 Å². The zero-order valence-corrected chi connectivity index (χ0v) is 9.82. The number of rotatable bonds is 2. The summed E-state index contributed by atoms with van der Waals surface area (Å²) >= 11 is 0. The Morgan fingerprint density at radius 1 is 1.47 bits per heavy atom. The van der Waals surface area contributed by atoms with Gasteiger partial charge in [-0.05, 0) is 37.1 Å². The molecular weight excluding hydrogens is 212 g/mol. The smallest absolute Gasteiger partial charge is 0.182 e. The topological polar surface area (TPSA) is 49.8 Å². The molecule has 0 unspecified atom stereocenters. The highest BCUT2D eigenvalue weighted by Gasteiger charge is 2.12.